The number of nitrogens with one attached hydrogen (secondary N) is 1. The average Bonchev–Trinajstić information content (AvgIpc) is 2.94. The fraction of sp³-hybridized carbons (Fsp3) is 0.130. The fourth-order valence-electron chi connectivity index (χ4n) is 3.61. The van der Waals surface area contributed by atoms with Crippen LogP contribution in [0.3, 0.4) is 0 Å². The van der Waals surface area contributed by atoms with Crippen molar-refractivity contribution in [1.82, 2.24) is 0 Å². The highest BCUT2D eigenvalue weighted by atomic mass is 35.5. The first-order chi connectivity index (χ1) is 13.9. The molecule has 1 atom stereocenters. The van der Waals surface area contributed by atoms with Gasteiger partial charge in [0.15, 0.2) is 5.60 Å². The van der Waals surface area contributed by atoms with E-state index in [2.05, 4.69) is 5.32 Å². The Balaban J connectivity index is 1.66. The molecular formula is C23H19ClN2O3. The number of hydrogen-bond donors (Lipinski definition) is 2. The van der Waals surface area contributed by atoms with E-state index >= 15 is 0 Å². The second-order valence-corrected chi connectivity index (χ2v) is 7.43. The van der Waals surface area contributed by atoms with Gasteiger partial charge in [-0.15, -0.1) is 0 Å². The van der Waals surface area contributed by atoms with Crippen molar-refractivity contribution in [3.8, 4) is 0 Å². The standard InChI is InChI=1S/C23H19ClN2O3/c1-15-11-12-17(24)13-19(15)25-21(27)14-26-20-10-6-5-9-18(20)23(29,22(26)28)16-7-3-2-4-8-16/h2-13,29H,14H2,1H3,(H,25,27)/t23-/m0/s1. The molecule has 146 valence electrons. The maximum absolute atomic E-state index is 13.3. The smallest absolute Gasteiger partial charge is 0.268 e. The van der Waals surface area contributed by atoms with Crippen LogP contribution in [-0.2, 0) is 15.2 Å². The number of halogens is 1. The summed E-state index contributed by atoms with van der Waals surface area (Å²) < 4.78 is 0. The van der Waals surface area contributed by atoms with Gasteiger partial charge in [0.2, 0.25) is 5.91 Å². The first-order valence-electron chi connectivity index (χ1n) is 9.16. The van der Waals surface area contributed by atoms with Gasteiger partial charge in [-0.25, -0.2) is 0 Å². The third-order valence-electron chi connectivity index (χ3n) is 5.11. The van der Waals surface area contributed by atoms with Crippen molar-refractivity contribution in [1.29, 1.82) is 0 Å². The van der Waals surface area contributed by atoms with Crippen molar-refractivity contribution in [2.75, 3.05) is 16.8 Å². The summed E-state index contributed by atoms with van der Waals surface area (Å²) in [5.74, 6) is -0.932. The van der Waals surface area contributed by atoms with Crippen molar-refractivity contribution in [2.45, 2.75) is 12.5 Å². The topological polar surface area (TPSA) is 69.6 Å². The summed E-state index contributed by atoms with van der Waals surface area (Å²) in [6.45, 7) is 1.63. The zero-order chi connectivity index (χ0) is 20.6. The van der Waals surface area contributed by atoms with Crippen LogP contribution >= 0.6 is 11.6 Å². The molecule has 0 bridgehead atoms. The first kappa shape index (κ1) is 19.2. The lowest BCUT2D eigenvalue weighted by Crippen LogP contribution is -2.44. The monoisotopic (exact) mass is 406 g/mol. The van der Waals surface area contributed by atoms with Crippen LogP contribution in [0.5, 0.6) is 0 Å². The van der Waals surface area contributed by atoms with Gasteiger partial charge in [0.25, 0.3) is 5.91 Å². The Morgan fingerprint density at radius 2 is 1.76 bits per heavy atom. The quantitative estimate of drug-likeness (QED) is 0.691. The number of para-hydroxylation sites is 1. The van der Waals surface area contributed by atoms with E-state index in [0.717, 1.165) is 5.56 Å². The Kier molecular flexibility index (Phi) is 4.86. The molecule has 1 aliphatic rings. The molecule has 1 heterocycles. The van der Waals surface area contributed by atoms with Crippen LogP contribution in [0.2, 0.25) is 5.02 Å². The van der Waals surface area contributed by atoms with Crippen LogP contribution in [0.4, 0.5) is 11.4 Å². The predicted molar refractivity (Wildman–Crippen MR) is 113 cm³/mol. The number of nitrogens with zero attached hydrogens (tertiary/aromatic N) is 1. The number of anilines is 2. The number of rotatable bonds is 4. The molecule has 0 spiro atoms. The first-order valence-corrected chi connectivity index (χ1v) is 9.54. The van der Waals surface area contributed by atoms with Crippen LogP contribution in [0.15, 0.2) is 72.8 Å². The molecule has 0 saturated carbocycles. The molecule has 3 aromatic rings. The van der Waals surface area contributed by atoms with E-state index in [1.807, 2.05) is 19.1 Å². The van der Waals surface area contributed by atoms with E-state index in [1.54, 1.807) is 60.7 Å². The van der Waals surface area contributed by atoms with Crippen LogP contribution in [0.25, 0.3) is 0 Å². The van der Waals surface area contributed by atoms with E-state index in [-0.39, 0.29) is 12.5 Å². The molecule has 1 aliphatic heterocycles. The summed E-state index contributed by atoms with van der Waals surface area (Å²) in [7, 11) is 0. The number of hydrogen-bond acceptors (Lipinski definition) is 3. The number of carbonyl (C=O) groups is 2. The lowest BCUT2D eigenvalue weighted by molar-refractivity contribution is -0.133. The van der Waals surface area contributed by atoms with Crippen molar-refractivity contribution < 1.29 is 14.7 Å². The van der Waals surface area contributed by atoms with Crippen molar-refractivity contribution in [3.63, 3.8) is 0 Å². The fourth-order valence-corrected chi connectivity index (χ4v) is 3.78. The molecule has 3 aromatic carbocycles. The molecule has 0 aromatic heterocycles. The van der Waals surface area contributed by atoms with Crippen molar-refractivity contribution in [2.24, 2.45) is 0 Å². The summed E-state index contributed by atoms with van der Waals surface area (Å²) >= 11 is 6.02. The summed E-state index contributed by atoms with van der Waals surface area (Å²) in [6, 6.07) is 20.9. The second kappa shape index (κ2) is 7.35. The third kappa shape index (κ3) is 3.28. The molecule has 2 N–H and O–H groups in total. The Morgan fingerprint density at radius 1 is 1.07 bits per heavy atom. The maximum Gasteiger partial charge on any atom is 0.268 e. The van der Waals surface area contributed by atoms with Gasteiger partial charge in [-0.2, -0.15) is 0 Å². The summed E-state index contributed by atoms with van der Waals surface area (Å²) in [5, 5.41) is 14.7. The van der Waals surface area contributed by atoms with Crippen LogP contribution in [0, 0.1) is 6.92 Å². The minimum absolute atomic E-state index is 0.225. The molecule has 0 fully saturated rings. The van der Waals surface area contributed by atoms with E-state index in [9.17, 15) is 14.7 Å². The van der Waals surface area contributed by atoms with Crippen molar-refractivity contribution >= 4 is 34.8 Å². The molecule has 6 heteroatoms. The van der Waals surface area contributed by atoms with Gasteiger partial charge in [0.05, 0.1) is 5.69 Å². The highest BCUT2D eigenvalue weighted by Gasteiger charge is 2.51. The van der Waals surface area contributed by atoms with E-state index in [4.69, 9.17) is 11.6 Å². The Labute approximate surface area is 173 Å². The van der Waals surface area contributed by atoms with Gasteiger partial charge in [0, 0.05) is 16.3 Å². The van der Waals surface area contributed by atoms with Gasteiger partial charge in [-0.1, -0.05) is 66.2 Å². The van der Waals surface area contributed by atoms with Gasteiger partial charge in [-0.05, 0) is 36.2 Å². The number of fused-ring (bicyclic) bond motifs is 1. The van der Waals surface area contributed by atoms with Gasteiger partial charge in [-0.3, -0.25) is 14.5 Å². The average molecular weight is 407 g/mol. The lowest BCUT2D eigenvalue weighted by Gasteiger charge is -2.23. The normalized spacial score (nSPS) is 17.9. The minimum Gasteiger partial charge on any atom is -0.372 e. The van der Waals surface area contributed by atoms with Crippen LogP contribution in [0.1, 0.15) is 16.7 Å². The largest absolute Gasteiger partial charge is 0.372 e. The number of amides is 2. The van der Waals surface area contributed by atoms with Gasteiger partial charge in [0.1, 0.15) is 6.54 Å². The molecule has 4 rings (SSSR count). The SMILES string of the molecule is Cc1ccc(Cl)cc1NC(=O)CN1C(=O)[C@](O)(c2ccccc2)c2ccccc21. The number of benzene rings is 3. The second-order valence-electron chi connectivity index (χ2n) is 6.99. The number of aliphatic hydroxyl groups is 1. The zero-order valence-electron chi connectivity index (χ0n) is 15.7. The Bertz CT molecular complexity index is 1100. The predicted octanol–water partition coefficient (Wildman–Crippen LogP) is 3.87. The molecule has 0 saturated heterocycles. The lowest BCUT2D eigenvalue weighted by atomic mass is 9.88. The summed E-state index contributed by atoms with van der Waals surface area (Å²) in [6.07, 6.45) is 0. The molecule has 0 aliphatic carbocycles. The molecule has 0 unspecified atom stereocenters. The molecular weight excluding hydrogens is 388 g/mol. The summed E-state index contributed by atoms with van der Waals surface area (Å²) in [5.41, 5.74) is 1.05. The van der Waals surface area contributed by atoms with Gasteiger partial charge < -0.3 is 10.4 Å². The van der Waals surface area contributed by atoms with E-state index < -0.39 is 11.5 Å². The highest BCUT2D eigenvalue weighted by Crippen LogP contribution is 2.44. The van der Waals surface area contributed by atoms with E-state index in [0.29, 0.717) is 27.5 Å². The Morgan fingerprint density at radius 3 is 2.52 bits per heavy atom. The van der Waals surface area contributed by atoms with Gasteiger partial charge >= 0.3 is 0 Å². The van der Waals surface area contributed by atoms with Crippen molar-refractivity contribution in [3.05, 3.63) is 94.5 Å². The minimum atomic E-state index is -1.83. The third-order valence-corrected chi connectivity index (χ3v) is 5.34. The van der Waals surface area contributed by atoms with Crippen LogP contribution < -0.4 is 10.2 Å². The van der Waals surface area contributed by atoms with Crippen LogP contribution in [-0.4, -0.2) is 23.5 Å². The maximum atomic E-state index is 13.3. The number of carbonyl (C=O) groups excluding carboxylic acids is 2. The molecule has 5 nitrogen and oxygen atoms in total. The zero-order valence-corrected chi connectivity index (χ0v) is 16.5. The number of aryl methyl sites for hydroxylation is 1. The summed E-state index contributed by atoms with van der Waals surface area (Å²) in [4.78, 5) is 27.3. The Hall–Kier alpha value is -3.15. The molecule has 0 radical (unpaired) electrons. The molecule has 2 amide bonds. The van der Waals surface area contributed by atoms with E-state index in [1.165, 1.54) is 4.90 Å². The molecule has 29 heavy (non-hydrogen) atoms. The highest BCUT2D eigenvalue weighted by molar-refractivity contribution is 6.31.